The van der Waals surface area contributed by atoms with Crippen LogP contribution in [0.2, 0.25) is 0 Å². The molecule has 0 aromatic heterocycles. The molecule has 2 aromatic carbocycles. The van der Waals surface area contributed by atoms with Crippen molar-refractivity contribution in [3.8, 4) is 5.75 Å². The van der Waals surface area contributed by atoms with Gasteiger partial charge in [0.15, 0.2) is 0 Å². The summed E-state index contributed by atoms with van der Waals surface area (Å²) in [4.78, 5) is 0. The molecule has 0 aliphatic carbocycles. The summed E-state index contributed by atoms with van der Waals surface area (Å²) in [7, 11) is 0. The van der Waals surface area contributed by atoms with Crippen LogP contribution in [0, 0.1) is 0 Å². The molecule has 0 saturated heterocycles. The minimum atomic E-state index is -0.553. The Labute approximate surface area is 177 Å². The SMILES string of the molecule is CCC(C)(C)c1ccc(OC[C@@H](O)CNCc2ccccc2)c(C(C)(C)CC)c1. The molecule has 0 bridgehead atoms. The molecule has 0 unspecified atom stereocenters. The van der Waals surface area contributed by atoms with Crippen LogP contribution in [0.15, 0.2) is 48.5 Å². The standard InChI is InChI=1S/C26H39NO2/c1-7-25(3,4)21-14-15-24(23(16-21)26(5,6)8-2)29-19-22(28)18-27-17-20-12-10-9-11-13-20/h9-16,22,27-28H,7-8,17-19H2,1-6H3/t22-/m0/s1. The molecule has 1 atom stereocenters. The van der Waals surface area contributed by atoms with Crippen LogP contribution in [0.4, 0.5) is 0 Å². The zero-order chi connectivity index (χ0) is 21.5. The molecular weight excluding hydrogens is 358 g/mol. The van der Waals surface area contributed by atoms with Crippen LogP contribution in [0.5, 0.6) is 5.75 Å². The first-order chi connectivity index (χ1) is 13.7. The van der Waals surface area contributed by atoms with Gasteiger partial charge >= 0.3 is 0 Å². The number of ether oxygens (including phenoxy) is 1. The van der Waals surface area contributed by atoms with Gasteiger partial charge in [0.05, 0.1) is 0 Å². The van der Waals surface area contributed by atoms with Crippen LogP contribution in [-0.2, 0) is 17.4 Å². The van der Waals surface area contributed by atoms with E-state index in [-0.39, 0.29) is 17.4 Å². The van der Waals surface area contributed by atoms with Crippen molar-refractivity contribution in [2.24, 2.45) is 0 Å². The number of benzene rings is 2. The molecule has 0 heterocycles. The van der Waals surface area contributed by atoms with Crippen molar-refractivity contribution in [3.05, 3.63) is 65.2 Å². The number of nitrogens with one attached hydrogen (secondary N) is 1. The summed E-state index contributed by atoms with van der Waals surface area (Å²) in [6.45, 7) is 15.1. The molecule has 160 valence electrons. The second-order valence-corrected chi connectivity index (χ2v) is 9.27. The van der Waals surface area contributed by atoms with Crippen molar-refractivity contribution in [3.63, 3.8) is 0 Å². The topological polar surface area (TPSA) is 41.5 Å². The van der Waals surface area contributed by atoms with Gasteiger partial charge in [-0.25, -0.2) is 0 Å². The van der Waals surface area contributed by atoms with Crippen molar-refractivity contribution >= 4 is 0 Å². The van der Waals surface area contributed by atoms with Crippen molar-refractivity contribution < 1.29 is 9.84 Å². The molecule has 3 heteroatoms. The van der Waals surface area contributed by atoms with Gasteiger partial charge in [-0.3, -0.25) is 0 Å². The Morgan fingerprint density at radius 3 is 2.21 bits per heavy atom. The highest BCUT2D eigenvalue weighted by atomic mass is 16.5. The van der Waals surface area contributed by atoms with Crippen molar-refractivity contribution in [1.82, 2.24) is 5.32 Å². The third-order valence-corrected chi connectivity index (χ3v) is 6.24. The Balaban J connectivity index is 2.03. The van der Waals surface area contributed by atoms with E-state index in [0.717, 1.165) is 25.1 Å². The molecule has 0 aliphatic heterocycles. The summed E-state index contributed by atoms with van der Waals surface area (Å²) in [6.07, 6.45) is 1.56. The highest BCUT2D eigenvalue weighted by Crippen LogP contribution is 2.38. The molecule has 0 aliphatic rings. The maximum Gasteiger partial charge on any atom is 0.123 e. The van der Waals surface area contributed by atoms with E-state index in [1.807, 2.05) is 18.2 Å². The third-order valence-electron chi connectivity index (χ3n) is 6.24. The van der Waals surface area contributed by atoms with Gasteiger partial charge in [0.1, 0.15) is 18.5 Å². The fraction of sp³-hybridized carbons (Fsp3) is 0.538. The molecule has 3 nitrogen and oxygen atoms in total. The zero-order valence-corrected chi connectivity index (χ0v) is 19.1. The number of aliphatic hydroxyl groups excluding tert-OH is 1. The highest BCUT2D eigenvalue weighted by Gasteiger charge is 2.26. The summed E-state index contributed by atoms with van der Waals surface area (Å²) in [6, 6.07) is 16.8. The van der Waals surface area contributed by atoms with E-state index in [4.69, 9.17) is 4.74 Å². The Hall–Kier alpha value is -1.84. The van der Waals surface area contributed by atoms with E-state index in [0.29, 0.717) is 6.54 Å². The van der Waals surface area contributed by atoms with Gasteiger partial charge in [-0.15, -0.1) is 0 Å². The Bertz CT molecular complexity index is 753. The predicted molar refractivity (Wildman–Crippen MR) is 123 cm³/mol. The summed E-state index contributed by atoms with van der Waals surface area (Å²) in [5, 5.41) is 13.7. The van der Waals surface area contributed by atoms with E-state index in [1.54, 1.807) is 0 Å². The van der Waals surface area contributed by atoms with Crippen molar-refractivity contribution in [2.75, 3.05) is 13.2 Å². The minimum Gasteiger partial charge on any atom is -0.491 e. The maximum absolute atomic E-state index is 10.4. The van der Waals surface area contributed by atoms with Gasteiger partial charge in [0.2, 0.25) is 0 Å². The number of hydrogen-bond acceptors (Lipinski definition) is 3. The average Bonchev–Trinajstić information content (AvgIpc) is 2.72. The smallest absolute Gasteiger partial charge is 0.123 e. The highest BCUT2D eigenvalue weighted by molar-refractivity contribution is 5.44. The summed E-state index contributed by atoms with van der Waals surface area (Å²) in [5.74, 6) is 0.884. The van der Waals surface area contributed by atoms with Gasteiger partial charge < -0.3 is 15.2 Å². The fourth-order valence-electron chi connectivity index (χ4n) is 3.22. The Morgan fingerprint density at radius 1 is 0.931 bits per heavy atom. The van der Waals surface area contributed by atoms with Crippen LogP contribution in [0.3, 0.4) is 0 Å². The van der Waals surface area contributed by atoms with Gasteiger partial charge in [0.25, 0.3) is 0 Å². The molecular formula is C26H39NO2. The maximum atomic E-state index is 10.4. The molecule has 0 radical (unpaired) electrons. The second-order valence-electron chi connectivity index (χ2n) is 9.27. The van der Waals surface area contributed by atoms with Crippen LogP contribution in [0.25, 0.3) is 0 Å². The van der Waals surface area contributed by atoms with Crippen LogP contribution in [-0.4, -0.2) is 24.4 Å². The monoisotopic (exact) mass is 397 g/mol. The van der Waals surface area contributed by atoms with E-state index in [2.05, 4.69) is 77.2 Å². The Morgan fingerprint density at radius 2 is 1.59 bits per heavy atom. The fourth-order valence-corrected chi connectivity index (χ4v) is 3.22. The first-order valence-corrected chi connectivity index (χ1v) is 10.9. The molecule has 0 amide bonds. The molecule has 2 rings (SSSR count). The van der Waals surface area contributed by atoms with Crippen molar-refractivity contribution in [1.29, 1.82) is 0 Å². The van der Waals surface area contributed by atoms with E-state index in [1.165, 1.54) is 16.7 Å². The molecule has 2 aromatic rings. The van der Waals surface area contributed by atoms with Crippen LogP contribution >= 0.6 is 0 Å². The molecule has 2 N–H and O–H groups in total. The summed E-state index contributed by atoms with van der Waals surface area (Å²) in [5.41, 5.74) is 3.93. The largest absolute Gasteiger partial charge is 0.491 e. The van der Waals surface area contributed by atoms with Gasteiger partial charge in [-0.1, -0.05) is 84.0 Å². The molecule has 29 heavy (non-hydrogen) atoms. The number of hydrogen-bond donors (Lipinski definition) is 2. The number of rotatable bonds is 11. The molecule has 0 spiro atoms. The lowest BCUT2D eigenvalue weighted by Crippen LogP contribution is -2.31. The lowest BCUT2D eigenvalue weighted by Gasteiger charge is -2.30. The van der Waals surface area contributed by atoms with E-state index in [9.17, 15) is 5.11 Å². The third kappa shape index (κ3) is 6.58. The predicted octanol–water partition coefficient (Wildman–Crippen LogP) is 5.59. The lowest BCUT2D eigenvalue weighted by atomic mass is 9.76. The van der Waals surface area contributed by atoms with Crippen LogP contribution in [0.1, 0.15) is 71.1 Å². The minimum absolute atomic E-state index is 0.0195. The van der Waals surface area contributed by atoms with E-state index < -0.39 is 6.10 Å². The van der Waals surface area contributed by atoms with Gasteiger partial charge in [0, 0.05) is 18.7 Å². The van der Waals surface area contributed by atoms with Gasteiger partial charge in [-0.05, 0) is 40.9 Å². The van der Waals surface area contributed by atoms with E-state index >= 15 is 0 Å². The summed E-state index contributed by atoms with van der Waals surface area (Å²) < 4.78 is 6.10. The quantitative estimate of drug-likeness (QED) is 0.519. The molecule has 0 saturated carbocycles. The first-order valence-electron chi connectivity index (χ1n) is 10.9. The first kappa shape index (κ1) is 23.4. The lowest BCUT2D eigenvalue weighted by molar-refractivity contribution is 0.105. The summed E-state index contributed by atoms with van der Waals surface area (Å²) >= 11 is 0. The van der Waals surface area contributed by atoms with Gasteiger partial charge in [-0.2, -0.15) is 0 Å². The van der Waals surface area contributed by atoms with Crippen LogP contribution < -0.4 is 10.1 Å². The normalized spacial score (nSPS) is 13.3. The van der Waals surface area contributed by atoms with Crippen molar-refractivity contribution in [2.45, 2.75) is 77.9 Å². The molecule has 0 fully saturated rings. The zero-order valence-electron chi connectivity index (χ0n) is 19.1. The second kappa shape index (κ2) is 10.3. The Kier molecular flexibility index (Phi) is 8.30. The average molecular weight is 398 g/mol. The number of aliphatic hydroxyl groups is 1.